The third kappa shape index (κ3) is 3.61. The first kappa shape index (κ1) is 18.2. The maximum atomic E-state index is 12.8. The fourth-order valence-electron chi connectivity index (χ4n) is 3.43. The molecule has 10 heteroatoms. The van der Waals surface area contributed by atoms with Crippen molar-refractivity contribution >= 4 is 34.6 Å². The standard InChI is InChI=1S/C19H15Cl2N7O/c20-15-6-11(9-23-19(15)28-24-3-4-25-28)5-14(29)7-13-10-22-17-8-16(21)26-27(17)18(13)12-1-2-12/h3-4,6,8-10,12H,1-2,5,7H2. The minimum absolute atomic E-state index is 0.0501. The number of pyridine rings is 1. The molecule has 0 N–H and O–H groups in total. The lowest BCUT2D eigenvalue weighted by Crippen LogP contribution is -2.12. The Morgan fingerprint density at radius 1 is 1.07 bits per heavy atom. The van der Waals surface area contributed by atoms with Crippen molar-refractivity contribution in [2.24, 2.45) is 0 Å². The number of carbonyl (C=O) groups is 1. The normalized spacial score (nSPS) is 13.9. The molecule has 4 aromatic heterocycles. The van der Waals surface area contributed by atoms with Crippen molar-refractivity contribution in [2.75, 3.05) is 0 Å². The molecule has 0 unspecified atom stereocenters. The van der Waals surface area contributed by atoms with Gasteiger partial charge in [0, 0.05) is 37.2 Å². The molecule has 4 heterocycles. The highest BCUT2D eigenvalue weighted by molar-refractivity contribution is 6.32. The smallest absolute Gasteiger partial charge is 0.193 e. The van der Waals surface area contributed by atoms with E-state index in [1.807, 2.05) is 0 Å². The molecule has 1 fully saturated rings. The molecule has 146 valence electrons. The van der Waals surface area contributed by atoms with Gasteiger partial charge in [-0.15, -0.1) is 4.80 Å². The zero-order chi connectivity index (χ0) is 20.0. The first-order valence-electron chi connectivity index (χ1n) is 9.14. The molecule has 0 radical (unpaired) electrons. The Morgan fingerprint density at radius 3 is 2.59 bits per heavy atom. The highest BCUT2D eigenvalue weighted by Gasteiger charge is 2.30. The molecule has 1 aliphatic rings. The van der Waals surface area contributed by atoms with Crippen LogP contribution in [-0.2, 0) is 17.6 Å². The van der Waals surface area contributed by atoms with Gasteiger partial charge in [0.1, 0.15) is 5.78 Å². The summed E-state index contributed by atoms with van der Waals surface area (Å²) in [5, 5.41) is 13.2. The third-order valence-electron chi connectivity index (χ3n) is 4.81. The van der Waals surface area contributed by atoms with Gasteiger partial charge in [-0.25, -0.2) is 14.5 Å². The van der Waals surface area contributed by atoms with Crippen molar-refractivity contribution in [3.63, 3.8) is 0 Å². The largest absolute Gasteiger partial charge is 0.299 e. The lowest BCUT2D eigenvalue weighted by atomic mass is 10.0. The molecule has 29 heavy (non-hydrogen) atoms. The summed E-state index contributed by atoms with van der Waals surface area (Å²) in [5.41, 5.74) is 3.36. The molecule has 1 saturated carbocycles. The zero-order valence-corrected chi connectivity index (χ0v) is 16.7. The minimum Gasteiger partial charge on any atom is -0.299 e. The summed E-state index contributed by atoms with van der Waals surface area (Å²) in [7, 11) is 0. The van der Waals surface area contributed by atoms with E-state index in [4.69, 9.17) is 23.2 Å². The van der Waals surface area contributed by atoms with Crippen molar-refractivity contribution in [3.05, 3.63) is 63.9 Å². The lowest BCUT2D eigenvalue weighted by Gasteiger charge is -2.10. The van der Waals surface area contributed by atoms with Gasteiger partial charge in [-0.05, 0) is 30.0 Å². The van der Waals surface area contributed by atoms with Crippen molar-refractivity contribution < 1.29 is 4.79 Å². The summed E-state index contributed by atoms with van der Waals surface area (Å²) in [6.07, 6.45) is 9.14. The van der Waals surface area contributed by atoms with Crippen LogP contribution < -0.4 is 0 Å². The Hall–Kier alpha value is -2.84. The topological polar surface area (TPSA) is 90.9 Å². The third-order valence-corrected chi connectivity index (χ3v) is 5.27. The first-order chi connectivity index (χ1) is 14.1. The lowest BCUT2D eigenvalue weighted by molar-refractivity contribution is -0.117. The van der Waals surface area contributed by atoms with Crippen LogP contribution in [0.3, 0.4) is 0 Å². The second kappa shape index (κ2) is 7.20. The maximum absolute atomic E-state index is 12.8. The molecule has 0 amide bonds. The van der Waals surface area contributed by atoms with E-state index in [9.17, 15) is 4.79 Å². The summed E-state index contributed by atoms with van der Waals surface area (Å²) in [4.78, 5) is 22.8. The zero-order valence-electron chi connectivity index (χ0n) is 15.2. The van der Waals surface area contributed by atoms with Gasteiger partial charge in [-0.2, -0.15) is 15.3 Å². The second-order valence-electron chi connectivity index (χ2n) is 7.04. The van der Waals surface area contributed by atoms with E-state index in [1.54, 1.807) is 41.4 Å². The average Bonchev–Trinajstić information content (AvgIpc) is 3.21. The second-order valence-corrected chi connectivity index (χ2v) is 7.83. The van der Waals surface area contributed by atoms with E-state index >= 15 is 0 Å². The van der Waals surface area contributed by atoms with Crippen LogP contribution in [0.2, 0.25) is 10.2 Å². The van der Waals surface area contributed by atoms with E-state index in [-0.39, 0.29) is 18.6 Å². The molecule has 5 rings (SSSR count). The summed E-state index contributed by atoms with van der Waals surface area (Å²) in [5.74, 6) is 0.875. The molecular formula is C19H15Cl2N7O. The number of Topliss-reactive ketones (excluding diaryl/α,β-unsaturated/α-hetero) is 1. The minimum atomic E-state index is 0.0501. The molecule has 0 spiro atoms. The van der Waals surface area contributed by atoms with Gasteiger partial charge in [0.2, 0.25) is 0 Å². The molecule has 1 aliphatic carbocycles. The van der Waals surface area contributed by atoms with Gasteiger partial charge in [0.05, 0.1) is 23.1 Å². The molecule has 0 bridgehead atoms. The van der Waals surface area contributed by atoms with E-state index < -0.39 is 0 Å². The fourth-order valence-corrected chi connectivity index (χ4v) is 3.87. The number of hydrogen-bond donors (Lipinski definition) is 0. The first-order valence-corrected chi connectivity index (χ1v) is 9.90. The van der Waals surface area contributed by atoms with E-state index in [0.717, 1.165) is 29.7 Å². The van der Waals surface area contributed by atoms with E-state index in [2.05, 4.69) is 25.3 Å². The fraction of sp³-hybridized carbons (Fsp3) is 0.263. The van der Waals surface area contributed by atoms with Gasteiger partial charge in [-0.3, -0.25) is 4.79 Å². The van der Waals surface area contributed by atoms with Crippen molar-refractivity contribution in [3.8, 4) is 5.82 Å². The molecule has 4 aromatic rings. The maximum Gasteiger partial charge on any atom is 0.193 e. The Labute approximate surface area is 175 Å². The van der Waals surface area contributed by atoms with Crippen LogP contribution in [0.5, 0.6) is 0 Å². The summed E-state index contributed by atoms with van der Waals surface area (Å²) in [6, 6.07) is 3.45. The van der Waals surface area contributed by atoms with Crippen LogP contribution in [0.25, 0.3) is 11.5 Å². The van der Waals surface area contributed by atoms with Crippen molar-refractivity contribution in [2.45, 2.75) is 31.6 Å². The van der Waals surface area contributed by atoms with Gasteiger partial charge in [0.15, 0.2) is 16.6 Å². The van der Waals surface area contributed by atoms with Crippen molar-refractivity contribution in [1.82, 2.24) is 34.6 Å². The van der Waals surface area contributed by atoms with Gasteiger partial charge in [-0.1, -0.05) is 23.2 Å². The van der Waals surface area contributed by atoms with Crippen LogP contribution in [0.1, 0.15) is 35.6 Å². The van der Waals surface area contributed by atoms with Gasteiger partial charge in [0.25, 0.3) is 0 Å². The number of nitrogens with zero attached hydrogens (tertiary/aromatic N) is 7. The van der Waals surface area contributed by atoms with Crippen LogP contribution in [0.15, 0.2) is 36.9 Å². The van der Waals surface area contributed by atoms with Crippen LogP contribution in [-0.4, -0.2) is 40.4 Å². The SMILES string of the molecule is O=C(Cc1cnc(-n2nccn2)c(Cl)c1)Cc1cnc2cc(Cl)nn2c1C1CC1. The molecule has 0 atom stereocenters. The average molecular weight is 428 g/mol. The Morgan fingerprint density at radius 2 is 1.86 bits per heavy atom. The summed E-state index contributed by atoms with van der Waals surface area (Å²) in [6.45, 7) is 0. The molecule has 8 nitrogen and oxygen atoms in total. The molecular weight excluding hydrogens is 413 g/mol. The predicted molar refractivity (Wildman–Crippen MR) is 107 cm³/mol. The van der Waals surface area contributed by atoms with Crippen LogP contribution in [0.4, 0.5) is 0 Å². The highest BCUT2D eigenvalue weighted by atomic mass is 35.5. The van der Waals surface area contributed by atoms with Gasteiger partial charge >= 0.3 is 0 Å². The number of rotatable bonds is 6. The Balaban J connectivity index is 1.37. The number of aromatic nitrogens is 7. The van der Waals surface area contributed by atoms with E-state index in [0.29, 0.717) is 27.6 Å². The summed E-state index contributed by atoms with van der Waals surface area (Å²) >= 11 is 12.3. The predicted octanol–water partition coefficient (Wildman–Crippen LogP) is 3.24. The summed E-state index contributed by atoms with van der Waals surface area (Å²) < 4.78 is 1.77. The molecule has 0 aliphatic heterocycles. The quantitative estimate of drug-likeness (QED) is 0.468. The molecule has 0 saturated heterocycles. The van der Waals surface area contributed by atoms with Crippen LogP contribution in [0, 0.1) is 0 Å². The van der Waals surface area contributed by atoms with E-state index in [1.165, 1.54) is 4.80 Å². The van der Waals surface area contributed by atoms with Gasteiger partial charge < -0.3 is 0 Å². The molecule has 0 aromatic carbocycles. The number of ketones is 1. The number of carbonyl (C=O) groups excluding carboxylic acids is 1. The number of fused-ring (bicyclic) bond motifs is 1. The highest BCUT2D eigenvalue weighted by Crippen LogP contribution is 2.41. The monoisotopic (exact) mass is 427 g/mol. The van der Waals surface area contributed by atoms with Crippen molar-refractivity contribution in [1.29, 1.82) is 0 Å². The number of hydrogen-bond acceptors (Lipinski definition) is 6. The van der Waals surface area contributed by atoms with Crippen LogP contribution >= 0.6 is 23.2 Å². The number of halogens is 2. The Bertz CT molecular complexity index is 1220. The Kier molecular flexibility index (Phi) is 4.52.